The van der Waals surface area contributed by atoms with Gasteiger partial charge in [-0.25, -0.2) is 0 Å². The first-order valence-electron chi connectivity index (χ1n) is 4.74. The number of nitrogens with zero attached hydrogens (tertiary/aromatic N) is 2. The number of aromatic amines is 1. The van der Waals surface area contributed by atoms with Crippen molar-refractivity contribution in [1.82, 2.24) is 15.4 Å². The normalized spacial score (nSPS) is 15.7. The van der Waals surface area contributed by atoms with Crippen LogP contribution in [0.2, 0.25) is 0 Å². The summed E-state index contributed by atoms with van der Waals surface area (Å²) in [5.41, 5.74) is 0.725. The Morgan fingerprint density at radius 1 is 1.38 bits per heavy atom. The Bertz CT molecular complexity index is 268. The van der Waals surface area contributed by atoms with E-state index in [0.29, 0.717) is 12.1 Å². The van der Waals surface area contributed by atoms with Crippen molar-refractivity contribution in [3.8, 4) is 0 Å². The summed E-state index contributed by atoms with van der Waals surface area (Å²) >= 11 is 0. The second kappa shape index (κ2) is 3.87. The van der Waals surface area contributed by atoms with E-state index < -0.39 is 5.60 Å². The second-order valence-corrected chi connectivity index (χ2v) is 3.50. The van der Waals surface area contributed by atoms with Crippen LogP contribution in [-0.4, -0.2) is 20.5 Å². The van der Waals surface area contributed by atoms with Crippen LogP contribution in [0.3, 0.4) is 0 Å². The number of hydrogen-bond acceptors (Lipinski definition) is 3. The van der Waals surface area contributed by atoms with Crippen LogP contribution in [0.5, 0.6) is 0 Å². The molecule has 1 rings (SSSR count). The lowest BCUT2D eigenvalue weighted by molar-refractivity contribution is 0.0475. The Kier molecular flexibility index (Phi) is 3.03. The molecule has 0 saturated heterocycles. The van der Waals surface area contributed by atoms with Crippen molar-refractivity contribution in [1.29, 1.82) is 0 Å². The van der Waals surface area contributed by atoms with Gasteiger partial charge >= 0.3 is 0 Å². The summed E-state index contributed by atoms with van der Waals surface area (Å²) in [5, 5.41) is 20.5. The molecule has 0 amide bonds. The zero-order chi connectivity index (χ0) is 9.90. The van der Waals surface area contributed by atoms with E-state index in [9.17, 15) is 5.11 Å². The van der Waals surface area contributed by atoms with Crippen LogP contribution in [0.25, 0.3) is 0 Å². The number of H-pyrrole nitrogens is 1. The number of aliphatic hydroxyl groups is 1. The molecule has 74 valence electrons. The monoisotopic (exact) mass is 183 g/mol. The van der Waals surface area contributed by atoms with Gasteiger partial charge in [-0.2, -0.15) is 15.4 Å². The third-order valence-corrected chi connectivity index (χ3v) is 2.31. The Hall–Kier alpha value is -0.900. The highest BCUT2D eigenvalue weighted by Crippen LogP contribution is 2.24. The van der Waals surface area contributed by atoms with Crippen molar-refractivity contribution in [3.05, 3.63) is 11.4 Å². The molecule has 0 aliphatic heterocycles. The summed E-state index contributed by atoms with van der Waals surface area (Å²) < 4.78 is 0. The van der Waals surface area contributed by atoms with Gasteiger partial charge in [0, 0.05) is 0 Å². The maximum atomic E-state index is 9.97. The first-order chi connectivity index (χ1) is 6.11. The predicted molar refractivity (Wildman–Crippen MR) is 50.2 cm³/mol. The van der Waals surface area contributed by atoms with Gasteiger partial charge in [0.25, 0.3) is 0 Å². The number of nitrogens with one attached hydrogen (secondary N) is 1. The third kappa shape index (κ3) is 2.06. The molecule has 0 aliphatic rings. The molecule has 4 nitrogen and oxygen atoms in total. The molecule has 0 fully saturated rings. The van der Waals surface area contributed by atoms with E-state index in [4.69, 9.17) is 0 Å². The Labute approximate surface area is 78.4 Å². The van der Waals surface area contributed by atoms with Crippen molar-refractivity contribution in [3.63, 3.8) is 0 Å². The van der Waals surface area contributed by atoms with Crippen LogP contribution in [0.4, 0.5) is 0 Å². The molecule has 0 bridgehead atoms. The molecule has 1 aromatic heterocycles. The van der Waals surface area contributed by atoms with E-state index in [1.54, 1.807) is 6.92 Å². The summed E-state index contributed by atoms with van der Waals surface area (Å²) in [6.07, 6.45) is 2.53. The first-order valence-corrected chi connectivity index (χ1v) is 4.74. The van der Waals surface area contributed by atoms with Crippen molar-refractivity contribution >= 4 is 0 Å². The Morgan fingerprint density at radius 3 is 2.62 bits per heavy atom. The lowest BCUT2D eigenvalue weighted by Crippen LogP contribution is -2.22. The van der Waals surface area contributed by atoms with E-state index >= 15 is 0 Å². The van der Waals surface area contributed by atoms with Crippen LogP contribution in [0.15, 0.2) is 0 Å². The maximum Gasteiger partial charge on any atom is 0.117 e. The first kappa shape index (κ1) is 10.2. The number of hydrogen-bond donors (Lipinski definition) is 2. The van der Waals surface area contributed by atoms with Gasteiger partial charge in [0.15, 0.2) is 0 Å². The largest absolute Gasteiger partial charge is 0.384 e. The average molecular weight is 183 g/mol. The summed E-state index contributed by atoms with van der Waals surface area (Å²) in [6, 6.07) is 0. The summed E-state index contributed by atoms with van der Waals surface area (Å²) in [6.45, 7) is 5.79. The molecule has 1 unspecified atom stereocenters. The van der Waals surface area contributed by atoms with Crippen molar-refractivity contribution < 1.29 is 5.11 Å². The van der Waals surface area contributed by atoms with Crippen molar-refractivity contribution in [2.45, 2.75) is 45.6 Å². The van der Waals surface area contributed by atoms with Gasteiger partial charge in [0.2, 0.25) is 0 Å². The molecular formula is C9H17N3O. The van der Waals surface area contributed by atoms with Crippen LogP contribution in [0.1, 0.15) is 45.0 Å². The van der Waals surface area contributed by atoms with E-state index in [0.717, 1.165) is 18.5 Å². The topological polar surface area (TPSA) is 61.8 Å². The fourth-order valence-corrected chi connectivity index (χ4v) is 1.26. The zero-order valence-electron chi connectivity index (χ0n) is 8.46. The molecule has 0 aliphatic carbocycles. The lowest BCUT2D eigenvalue weighted by atomic mass is 9.96. The molecule has 0 saturated carbocycles. The fraction of sp³-hybridized carbons (Fsp3) is 0.778. The van der Waals surface area contributed by atoms with E-state index in [1.807, 2.05) is 6.92 Å². The van der Waals surface area contributed by atoms with Crippen molar-refractivity contribution in [2.24, 2.45) is 0 Å². The van der Waals surface area contributed by atoms with Crippen molar-refractivity contribution in [2.75, 3.05) is 0 Å². The zero-order valence-corrected chi connectivity index (χ0v) is 8.46. The van der Waals surface area contributed by atoms with Gasteiger partial charge in [-0.05, 0) is 19.8 Å². The van der Waals surface area contributed by atoms with E-state index in [2.05, 4.69) is 22.3 Å². The van der Waals surface area contributed by atoms with Gasteiger partial charge in [0.05, 0.1) is 5.69 Å². The molecule has 1 atom stereocenters. The molecule has 1 heterocycles. The number of aryl methyl sites for hydroxylation is 1. The van der Waals surface area contributed by atoms with Gasteiger partial charge in [-0.15, -0.1) is 0 Å². The van der Waals surface area contributed by atoms with Gasteiger partial charge in [-0.3, -0.25) is 0 Å². The van der Waals surface area contributed by atoms with Gasteiger partial charge < -0.3 is 5.11 Å². The molecule has 2 N–H and O–H groups in total. The maximum absolute atomic E-state index is 9.97. The molecular weight excluding hydrogens is 166 g/mol. The standard InChI is InChI=1S/C9H17N3O/c1-4-6-7-8(11-12-10-7)9(3,13)5-2/h13H,4-6H2,1-3H3,(H,10,11,12). The predicted octanol–water partition coefficient (Wildman–Crippen LogP) is 1.37. The smallest absolute Gasteiger partial charge is 0.117 e. The molecule has 13 heavy (non-hydrogen) atoms. The minimum absolute atomic E-state index is 0.649. The Balaban J connectivity index is 2.93. The average Bonchev–Trinajstić information content (AvgIpc) is 2.54. The molecule has 0 spiro atoms. The highest BCUT2D eigenvalue weighted by Gasteiger charge is 2.27. The third-order valence-electron chi connectivity index (χ3n) is 2.31. The van der Waals surface area contributed by atoms with Crippen LogP contribution < -0.4 is 0 Å². The molecule has 0 aromatic carbocycles. The number of rotatable bonds is 4. The lowest BCUT2D eigenvalue weighted by Gasteiger charge is -2.19. The minimum atomic E-state index is -0.850. The molecule has 0 radical (unpaired) electrons. The summed E-state index contributed by atoms with van der Waals surface area (Å²) in [4.78, 5) is 0. The quantitative estimate of drug-likeness (QED) is 0.741. The van der Waals surface area contributed by atoms with Crippen LogP contribution in [-0.2, 0) is 12.0 Å². The van der Waals surface area contributed by atoms with Gasteiger partial charge in [-0.1, -0.05) is 20.3 Å². The SMILES string of the molecule is CCCc1n[nH]nc1C(C)(O)CC. The molecule has 1 aromatic rings. The van der Waals surface area contributed by atoms with Gasteiger partial charge in [0.1, 0.15) is 11.3 Å². The van der Waals surface area contributed by atoms with E-state index in [1.165, 1.54) is 0 Å². The van der Waals surface area contributed by atoms with Crippen LogP contribution in [0, 0.1) is 0 Å². The number of aromatic nitrogens is 3. The minimum Gasteiger partial charge on any atom is -0.384 e. The highest BCUT2D eigenvalue weighted by molar-refractivity contribution is 5.16. The Morgan fingerprint density at radius 2 is 2.08 bits per heavy atom. The highest BCUT2D eigenvalue weighted by atomic mass is 16.3. The summed E-state index contributed by atoms with van der Waals surface area (Å²) in [5.74, 6) is 0. The fourth-order valence-electron chi connectivity index (χ4n) is 1.26. The summed E-state index contributed by atoms with van der Waals surface area (Å²) in [7, 11) is 0. The van der Waals surface area contributed by atoms with Crippen LogP contribution >= 0.6 is 0 Å². The van der Waals surface area contributed by atoms with E-state index in [-0.39, 0.29) is 0 Å². The molecule has 4 heteroatoms. The second-order valence-electron chi connectivity index (χ2n) is 3.50.